The monoisotopic (exact) mass is 370 g/mol. The fourth-order valence-electron chi connectivity index (χ4n) is 1.92. The number of rotatable bonds is 4. The van der Waals surface area contributed by atoms with Gasteiger partial charge in [0.2, 0.25) is 0 Å². The van der Waals surface area contributed by atoms with Crippen LogP contribution in [0.2, 0.25) is 0 Å². The molecule has 4 N–H and O–H groups in total. The highest BCUT2D eigenvalue weighted by atomic mass is 79.9. The number of hydrogen-bond donors (Lipinski definition) is 3. The van der Waals surface area contributed by atoms with Gasteiger partial charge in [-0.3, -0.25) is 4.72 Å². The second-order valence-electron chi connectivity index (χ2n) is 4.54. The Labute approximate surface area is 131 Å². The molecule has 0 unspecified atom stereocenters. The number of nitrogens with one attached hydrogen (secondary N) is 2. The van der Waals surface area contributed by atoms with E-state index in [9.17, 15) is 8.42 Å². The second kappa shape index (κ2) is 6.00. The van der Waals surface area contributed by atoms with Crippen LogP contribution < -0.4 is 16.0 Å². The quantitative estimate of drug-likeness (QED) is 0.567. The molecular weight excluding hydrogens is 356 g/mol. The van der Waals surface area contributed by atoms with Crippen molar-refractivity contribution >= 4 is 37.5 Å². The summed E-state index contributed by atoms with van der Waals surface area (Å²) < 4.78 is 28.4. The van der Waals surface area contributed by atoms with Crippen molar-refractivity contribution in [2.45, 2.75) is 18.7 Å². The topological polar surface area (TPSA) is 97.1 Å². The maximum atomic E-state index is 12.4. The van der Waals surface area contributed by atoms with Gasteiger partial charge in [0.05, 0.1) is 10.6 Å². The summed E-state index contributed by atoms with van der Waals surface area (Å²) in [6.07, 6.45) is 1.38. The Kier molecular flexibility index (Phi) is 4.50. The highest BCUT2D eigenvalue weighted by Crippen LogP contribution is 2.27. The number of nitrogen functional groups attached to an aromatic ring is 1. The molecule has 0 aliphatic carbocycles. The lowest BCUT2D eigenvalue weighted by atomic mass is 10.1. The van der Waals surface area contributed by atoms with Gasteiger partial charge in [0.1, 0.15) is 5.82 Å². The Morgan fingerprint density at radius 3 is 2.38 bits per heavy atom. The van der Waals surface area contributed by atoms with Gasteiger partial charge in [-0.25, -0.2) is 19.2 Å². The molecule has 2 aromatic rings. The van der Waals surface area contributed by atoms with Crippen LogP contribution in [-0.2, 0) is 10.0 Å². The second-order valence-corrected chi connectivity index (χ2v) is 7.14. The Balaban J connectivity index is 2.42. The number of nitrogens with two attached hydrogens (primary N) is 1. The number of hydrogen-bond acceptors (Lipinski definition) is 5. The molecule has 0 saturated carbocycles. The molecule has 1 aromatic carbocycles. The molecule has 0 fully saturated rings. The molecule has 21 heavy (non-hydrogen) atoms. The lowest BCUT2D eigenvalue weighted by Gasteiger charge is -2.14. The van der Waals surface area contributed by atoms with Gasteiger partial charge in [-0.1, -0.05) is 15.9 Å². The van der Waals surface area contributed by atoms with Gasteiger partial charge in [-0.2, -0.15) is 0 Å². The molecule has 0 aliphatic rings. The van der Waals surface area contributed by atoms with E-state index in [1.54, 1.807) is 0 Å². The summed E-state index contributed by atoms with van der Waals surface area (Å²) in [4.78, 5) is 3.98. The lowest BCUT2D eigenvalue weighted by molar-refractivity contribution is 0.601. The fraction of sp³-hybridized carbons (Fsp3) is 0.154. The summed E-state index contributed by atoms with van der Waals surface area (Å²) >= 11 is 3.38. The number of pyridine rings is 1. The van der Waals surface area contributed by atoms with Gasteiger partial charge in [0, 0.05) is 16.7 Å². The number of hydrazine groups is 1. The zero-order chi connectivity index (χ0) is 15.6. The van der Waals surface area contributed by atoms with Crippen molar-refractivity contribution in [1.82, 2.24) is 4.98 Å². The smallest absolute Gasteiger partial charge is 0.262 e. The van der Waals surface area contributed by atoms with E-state index in [0.717, 1.165) is 15.6 Å². The van der Waals surface area contributed by atoms with E-state index in [2.05, 4.69) is 31.1 Å². The molecule has 0 saturated heterocycles. The molecule has 0 radical (unpaired) electrons. The number of nitrogens with zero attached hydrogens (tertiary/aromatic N) is 1. The van der Waals surface area contributed by atoms with Crippen LogP contribution in [0.4, 0.5) is 11.5 Å². The van der Waals surface area contributed by atoms with E-state index in [1.807, 2.05) is 26.0 Å². The van der Waals surface area contributed by atoms with Gasteiger partial charge in [-0.15, -0.1) is 0 Å². The maximum absolute atomic E-state index is 12.4. The molecule has 6 nitrogen and oxygen atoms in total. The number of anilines is 2. The fourth-order valence-corrected chi connectivity index (χ4v) is 3.82. The number of halogens is 1. The van der Waals surface area contributed by atoms with Crippen LogP contribution in [0.25, 0.3) is 0 Å². The van der Waals surface area contributed by atoms with Crippen molar-refractivity contribution in [3.63, 3.8) is 0 Å². The van der Waals surface area contributed by atoms with Crippen molar-refractivity contribution in [2.75, 3.05) is 10.1 Å². The normalized spacial score (nSPS) is 11.2. The first-order valence-electron chi connectivity index (χ1n) is 6.06. The summed E-state index contributed by atoms with van der Waals surface area (Å²) in [5.74, 6) is 5.53. The summed E-state index contributed by atoms with van der Waals surface area (Å²) in [6.45, 7) is 3.68. The Morgan fingerprint density at radius 2 is 1.81 bits per heavy atom. The molecule has 2 rings (SSSR count). The van der Waals surface area contributed by atoms with Crippen LogP contribution in [0.3, 0.4) is 0 Å². The summed E-state index contributed by atoms with van der Waals surface area (Å²) in [5.41, 5.74) is 4.55. The molecule has 0 spiro atoms. The predicted molar refractivity (Wildman–Crippen MR) is 86.5 cm³/mol. The average Bonchev–Trinajstić information content (AvgIpc) is 2.43. The minimum atomic E-state index is -3.70. The Hall–Kier alpha value is -1.64. The first-order valence-corrected chi connectivity index (χ1v) is 8.33. The predicted octanol–water partition coefficient (Wildman–Crippen LogP) is 2.55. The number of aromatic nitrogens is 1. The third-order valence-electron chi connectivity index (χ3n) is 2.92. The van der Waals surface area contributed by atoms with E-state index in [0.29, 0.717) is 5.69 Å². The molecule has 8 heteroatoms. The first-order chi connectivity index (χ1) is 9.83. The Bertz CT molecular complexity index is 754. The van der Waals surface area contributed by atoms with Gasteiger partial charge < -0.3 is 5.43 Å². The largest absolute Gasteiger partial charge is 0.308 e. The number of aryl methyl sites for hydroxylation is 2. The Morgan fingerprint density at radius 1 is 1.19 bits per heavy atom. The minimum absolute atomic E-state index is 0.0900. The molecule has 1 aromatic heterocycles. The highest BCUT2D eigenvalue weighted by Gasteiger charge is 2.17. The number of benzene rings is 1. The van der Waals surface area contributed by atoms with Crippen LogP contribution in [0, 0.1) is 13.8 Å². The molecule has 0 atom stereocenters. The van der Waals surface area contributed by atoms with Crippen LogP contribution in [0.1, 0.15) is 11.1 Å². The summed E-state index contributed by atoms with van der Waals surface area (Å²) in [6, 6.07) is 6.48. The van der Waals surface area contributed by atoms with E-state index < -0.39 is 10.0 Å². The average molecular weight is 371 g/mol. The highest BCUT2D eigenvalue weighted by molar-refractivity contribution is 9.10. The van der Waals surface area contributed by atoms with Crippen LogP contribution >= 0.6 is 15.9 Å². The SMILES string of the molecule is Cc1cc(Br)cc(C)c1NS(=O)(=O)c1ccnc(NN)c1. The van der Waals surface area contributed by atoms with Crippen LogP contribution in [-0.4, -0.2) is 13.4 Å². The third-order valence-corrected chi connectivity index (χ3v) is 4.73. The van der Waals surface area contributed by atoms with E-state index >= 15 is 0 Å². The molecule has 112 valence electrons. The molecule has 0 amide bonds. The zero-order valence-electron chi connectivity index (χ0n) is 11.5. The standard InChI is InChI=1S/C13H15BrN4O2S/c1-8-5-10(14)6-9(2)13(8)18-21(19,20)11-3-4-16-12(7-11)17-15/h3-7,18H,15H2,1-2H3,(H,16,17). The van der Waals surface area contributed by atoms with Crippen molar-refractivity contribution in [3.8, 4) is 0 Å². The maximum Gasteiger partial charge on any atom is 0.262 e. The zero-order valence-corrected chi connectivity index (χ0v) is 13.9. The molecule has 0 aliphatic heterocycles. The number of sulfonamides is 1. The molecule has 0 bridgehead atoms. The van der Waals surface area contributed by atoms with Gasteiger partial charge in [0.15, 0.2) is 0 Å². The lowest BCUT2D eigenvalue weighted by Crippen LogP contribution is -2.16. The van der Waals surface area contributed by atoms with E-state index in [1.165, 1.54) is 18.3 Å². The van der Waals surface area contributed by atoms with E-state index in [-0.39, 0.29) is 10.7 Å². The van der Waals surface area contributed by atoms with Gasteiger partial charge in [-0.05, 0) is 43.2 Å². The van der Waals surface area contributed by atoms with Crippen LogP contribution in [0.5, 0.6) is 0 Å². The van der Waals surface area contributed by atoms with Crippen molar-refractivity contribution < 1.29 is 8.42 Å². The third kappa shape index (κ3) is 3.52. The molecule has 1 heterocycles. The summed E-state index contributed by atoms with van der Waals surface area (Å²) in [5, 5.41) is 0. The van der Waals surface area contributed by atoms with Gasteiger partial charge >= 0.3 is 0 Å². The van der Waals surface area contributed by atoms with Crippen molar-refractivity contribution in [2.24, 2.45) is 5.84 Å². The van der Waals surface area contributed by atoms with Crippen molar-refractivity contribution in [1.29, 1.82) is 0 Å². The van der Waals surface area contributed by atoms with E-state index in [4.69, 9.17) is 5.84 Å². The summed E-state index contributed by atoms with van der Waals surface area (Å²) in [7, 11) is -3.70. The minimum Gasteiger partial charge on any atom is -0.308 e. The van der Waals surface area contributed by atoms with Gasteiger partial charge in [0.25, 0.3) is 10.0 Å². The van der Waals surface area contributed by atoms with Crippen LogP contribution in [0.15, 0.2) is 39.8 Å². The molecular formula is C13H15BrN4O2S. The van der Waals surface area contributed by atoms with Crippen molar-refractivity contribution in [3.05, 3.63) is 46.1 Å². The first kappa shape index (κ1) is 15.7.